The van der Waals surface area contributed by atoms with Crippen LogP contribution in [0, 0.1) is 5.92 Å². The van der Waals surface area contributed by atoms with Crippen LogP contribution in [0.3, 0.4) is 0 Å². The van der Waals surface area contributed by atoms with Crippen LogP contribution in [-0.2, 0) is 11.2 Å². The molecule has 0 radical (unpaired) electrons. The molecule has 0 spiro atoms. The Labute approximate surface area is 133 Å². The Hall–Kier alpha value is -1.24. The predicted molar refractivity (Wildman–Crippen MR) is 85.3 cm³/mol. The van der Waals surface area contributed by atoms with Gasteiger partial charge in [0.15, 0.2) is 4.90 Å². The van der Waals surface area contributed by atoms with Gasteiger partial charge in [-0.1, -0.05) is 25.0 Å². The first-order valence-electron chi connectivity index (χ1n) is 7.69. The Balaban J connectivity index is 1.91. The summed E-state index contributed by atoms with van der Waals surface area (Å²) in [6, 6.07) is 7.18. The fourth-order valence-corrected chi connectivity index (χ4v) is 4.29. The van der Waals surface area contributed by atoms with Crippen LogP contribution in [0.4, 0.5) is 4.79 Å². The molecule has 2 atom stereocenters. The molecule has 22 heavy (non-hydrogen) atoms. The van der Waals surface area contributed by atoms with Gasteiger partial charge in [-0.2, -0.15) is 0 Å². The Kier molecular flexibility index (Phi) is 6.54. The van der Waals surface area contributed by atoms with Crippen molar-refractivity contribution in [3.8, 4) is 0 Å². The molecule has 1 aromatic carbocycles. The maximum absolute atomic E-state index is 12.4. The lowest BCUT2D eigenvalue weighted by molar-refractivity contribution is 0.162. The van der Waals surface area contributed by atoms with Gasteiger partial charge in [-0.15, -0.1) is 0 Å². The van der Waals surface area contributed by atoms with Gasteiger partial charge in [-0.25, -0.2) is 4.79 Å². The number of carbonyl (C=O) groups is 1. The van der Waals surface area contributed by atoms with Crippen LogP contribution < -0.4 is 5.32 Å². The Morgan fingerprint density at radius 3 is 2.82 bits per heavy atom. The zero-order chi connectivity index (χ0) is 15.9. The van der Waals surface area contributed by atoms with Gasteiger partial charge in [0.1, 0.15) is 5.75 Å². The molecule has 3 N–H and O–H groups in total. The molecule has 1 amide bonds. The van der Waals surface area contributed by atoms with E-state index in [-0.39, 0.29) is 6.54 Å². The fraction of sp³-hybridized carbons (Fsp3) is 0.562. The average Bonchev–Trinajstić information content (AvgIpc) is 3.00. The molecule has 2 rings (SSSR count). The van der Waals surface area contributed by atoms with E-state index in [1.807, 2.05) is 6.07 Å². The number of amides is 1. The van der Waals surface area contributed by atoms with Crippen LogP contribution in [0.2, 0.25) is 0 Å². The summed E-state index contributed by atoms with van der Waals surface area (Å²) in [5.41, 5.74) is 0.685. The summed E-state index contributed by atoms with van der Waals surface area (Å²) in [5, 5.41) is 20.8. The van der Waals surface area contributed by atoms with E-state index in [1.54, 1.807) is 18.2 Å². The molecule has 1 aliphatic rings. The predicted octanol–water partition coefficient (Wildman–Crippen LogP) is 2.68. The summed E-state index contributed by atoms with van der Waals surface area (Å²) in [4.78, 5) is 11.1. The van der Waals surface area contributed by atoms with Crippen molar-refractivity contribution in [2.75, 3.05) is 12.3 Å². The maximum Gasteiger partial charge on any atom is 0.404 e. The van der Waals surface area contributed by atoms with E-state index in [0.717, 1.165) is 17.7 Å². The lowest BCUT2D eigenvalue weighted by Crippen LogP contribution is -2.23. The number of nitrogens with one attached hydrogen (secondary N) is 1. The molecular weight excluding hydrogens is 302 g/mol. The molecule has 2 unspecified atom stereocenters. The van der Waals surface area contributed by atoms with Crippen molar-refractivity contribution in [1.29, 1.82) is 0 Å². The van der Waals surface area contributed by atoms with Gasteiger partial charge in [-0.3, -0.25) is 0 Å². The smallest absolute Gasteiger partial charge is 0.404 e. The Bertz CT molecular complexity index is 491. The minimum atomic E-state index is -1.10. The van der Waals surface area contributed by atoms with E-state index < -0.39 is 23.4 Å². The summed E-state index contributed by atoms with van der Waals surface area (Å²) >= 11 is -1.03. The van der Waals surface area contributed by atoms with Gasteiger partial charge in [0.2, 0.25) is 0 Å². The number of rotatable bonds is 7. The molecule has 0 aromatic heterocycles. The first kappa shape index (κ1) is 17.1. The van der Waals surface area contributed by atoms with E-state index in [4.69, 9.17) is 5.11 Å². The molecule has 1 aromatic rings. The number of benzene rings is 1. The molecule has 0 saturated heterocycles. The second kappa shape index (κ2) is 8.41. The van der Waals surface area contributed by atoms with Gasteiger partial charge in [0.05, 0.1) is 6.10 Å². The Morgan fingerprint density at radius 2 is 2.14 bits per heavy atom. The third kappa shape index (κ3) is 5.19. The molecular formula is C16H23NO4S. The zero-order valence-electron chi connectivity index (χ0n) is 12.5. The second-order valence-electron chi connectivity index (χ2n) is 5.77. The lowest BCUT2D eigenvalue weighted by Gasteiger charge is -2.16. The first-order chi connectivity index (χ1) is 10.6. The molecule has 0 heterocycles. The summed E-state index contributed by atoms with van der Waals surface area (Å²) in [6.45, 7) is 0.186. The third-order valence-corrected chi connectivity index (χ3v) is 5.62. The van der Waals surface area contributed by atoms with E-state index in [2.05, 4.69) is 5.32 Å². The normalized spacial score (nSPS) is 18.1. The van der Waals surface area contributed by atoms with Gasteiger partial charge in [0, 0.05) is 12.5 Å². The van der Waals surface area contributed by atoms with Gasteiger partial charge >= 0.3 is 6.09 Å². The molecule has 122 valence electrons. The Morgan fingerprint density at radius 1 is 1.41 bits per heavy atom. The third-order valence-electron chi connectivity index (χ3n) is 4.06. The van der Waals surface area contributed by atoms with Gasteiger partial charge < -0.3 is 20.1 Å². The summed E-state index contributed by atoms with van der Waals surface area (Å²) in [7, 11) is 0. The molecule has 0 bridgehead atoms. The topological polar surface area (TPSA) is 92.6 Å². The van der Waals surface area contributed by atoms with Crippen LogP contribution >= 0.6 is 0 Å². The van der Waals surface area contributed by atoms with Crippen molar-refractivity contribution in [1.82, 2.24) is 5.32 Å². The average molecular weight is 325 g/mol. The second-order valence-corrected chi connectivity index (χ2v) is 7.27. The summed E-state index contributed by atoms with van der Waals surface area (Å²) in [5.74, 6) is 1.24. The van der Waals surface area contributed by atoms with Crippen molar-refractivity contribution < 1.29 is 19.6 Å². The molecule has 1 fully saturated rings. The molecule has 6 heteroatoms. The fourth-order valence-electron chi connectivity index (χ4n) is 2.83. The molecule has 1 saturated carbocycles. The minimum absolute atomic E-state index is 0.186. The van der Waals surface area contributed by atoms with Crippen LogP contribution in [0.25, 0.3) is 0 Å². The van der Waals surface area contributed by atoms with Gasteiger partial charge in [0.25, 0.3) is 0 Å². The van der Waals surface area contributed by atoms with Crippen molar-refractivity contribution in [3.05, 3.63) is 29.8 Å². The van der Waals surface area contributed by atoms with E-state index in [0.29, 0.717) is 23.7 Å². The number of hydrogen-bond donors (Lipinski definition) is 3. The van der Waals surface area contributed by atoms with Crippen LogP contribution in [-0.4, -0.2) is 33.2 Å². The number of aliphatic hydroxyl groups is 1. The summed E-state index contributed by atoms with van der Waals surface area (Å²) in [6.07, 6.45) is 3.23. The van der Waals surface area contributed by atoms with Crippen LogP contribution in [0.15, 0.2) is 29.2 Å². The maximum atomic E-state index is 12.4. The molecule has 0 aliphatic heterocycles. The highest BCUT2D eigenvalue weighted by Gasteiger charge is 2.23. The first-order valence-corrected chi connectivity index (χ1v) is 9.01. The van der Waals surface area contributed by atoms with Crippen molar-refractivity contribution in [3.63, 3.8) is 0 Å². The SMILES string of the molecule is O=C(O)NCCC(O)c1cccc([S+]([O-])CC2CCCC2)c1. The highest BCUT2D eigenvalue weighted by Crippen LogP contribution is 2.29. The van der Waals surface area contributed by atoms with Crippen molar-refractivity contribution in [2.45, 2.75) is 43.1 Å². The van der Waals surface area contributed by atoms with Crippen molar-refractivity contribution >= 4 is 17.3 Å². The van der Waals surface area contributed by atoms with E-state index in [9.17, 15) is 14.5 Å². The molecule has 5 nitrogen and oxygen atoms in total. The standard InChI is InChI=1S/C16H23NO4S/c18-15(8-9-17-16(19)20)13-6-3-7-14(10-13)22(21)11-12-4-1-2-5-12/h3,6-7,10,12,15,17-18H,1-2,4-5,8-9,11H2,(H,19,20). The van der Waals surface area contributed by atoms with Crippen molar-refractivity contribution in [2.24, 2.45) is 5.92 Å². The lowest BCUT2D eigenvalue weighted by atomic mass is 10.1. The quantitative estimate of drug-likeness (QED) is 0.672. The summed E-state index contributed by atoms with van der Waals surface area (Å²) < 4.78 is 12.4. The van der Waals surface area contributed by atoms with E-state index >= 15 is 0 Å². The number of aliphatic hydroxyl groups excluding tert-OH is 1. The highest BCUT2D eigenvalue weighted by molar-refractivity contribution is 7.91. The molecule has 1 aliphatic carbocycles. The van der Waals surface area contributed by atoms with Crippen LogP contribution in [0.1, 0.15) is 43.8 Å². The monoisotopic (exact) mass is 325 g/mol. The highest BCUT2D eigenvalue weighted by atomic mass is 32.2. The number of hydrogen-bond acceptors (Lipinski definition) is 3. The zero-order valence-corrected chi connectivity index (χ0v) is 13.3. The largest absolute Gasteiger partial charge is 0.611 e. The van der Waals surface area contributed by atoms with E-state index in [1.165, 1.54) is 12.8 Å². The number of carboxylic acid groups (broad SMARTS) is 1. The minimum Gasteiger partial charge on any atom is -0.611 e. The van der Waals surface area contributed by atoms with Crippen LogP contribution in [0.5, 0.6) is 0 Å². The van der Waals surface area contributed by atoms with Gasteiger partial charge in [-0.05, 0) is 48.1 Å².